The molecule has 0 aliphatic carbocycles. The third-order valence-electron chi connectivity index (χ3n) is 4.52. The highest BCUT2D eigenvalue weighted by Crippen LogP contribution is 2.17. The summed E-state index contributed by atoms with van der Waals surface area (Å²) < 4.78 is 27.6. The lowest BCUT2D eigenvalue weighted by Gasteiger charge is -2.33. The lowest BCUT2D eigenvalue weighted by molar-refractivity contribution is 0.0691. The number of hydrogen-bond acceptors (Lipinski definition) is 4. The van der Waals surface area contributed by atoms with E-state index < -0.39 is 10.0 Å². The van der Waals surface area contributed by atoms with Crippen LogP contribution in [0.3, 0.4) is 0 Å². The number of nitrogens with zero attached hydrogens (tertiary/aromatic N) is 4. The van der Waals surface area contributed by atoms with Crippen molar-refractivity contribution in [2.75, 3.05) is 31.9 Å². The van der Waals surface area contributed by atoms with Gasteiger partial charge in [0.05, 0.1) is 5.75 Å². The lowest BCUT2D eigenvalue weighted by atomic mass is 10.1. The Morgan fingerprint density at radius 3 is 2.57 bits per heavy atom. The molecule has 7 nitrogen and oxygen atoms in total. The molecule has 1 fully saturated rings. The van der Waals surface area contributed by atoms with Gasteiger partial charge in [-0.25, -0.2) is 8.42 Å². The van der Waals surface area contributed by atoms with Crippen LogP contribution < -0.4 is 0 Å². The van der Waals surface area contributed by atoms with Gasteiger partial charge in [0.15, 0.2) is 5.69 Å². The minimum absolute atomic E-state index is 0.0839. The van der Waals surface area contributed by atoms with Gasteiger partial charge in [-0.1, -0.05) is 6.92 Å². The number of aryl methyl sites for hydroxylation is 2. The molecule has 23 heavy (non-hydrogen) atoms. The van der Waals surface area contributed by atoms with Gasteiger partial charge in [-0.15, -0.1) is 0 Å². The van der Waals surface area contributed by atoms with Crippen molar-refractivity contribution in [2.45, 2.75) is 39.2 Å². The molecule has 0 atom stereocenters. The molecule has 0 bridgehead atoms. The van der Waals surface area contributed by atoms with E-state index in [1.165, 1.54) is 4.31 Å². The zero-order valence-corrected chi connectivity index (χ0v) is 14.4. The Hall–Kier alpha value is -1.41. The first kappa shape index (κ1) is 16.4. The van der Waals surface area contributed by atoms with Crippen LogP contribution in [-0.2, 0) is 23.0 Å². The van der Waals surface area contributed by atoms with E-state index in [1.54, 1.807) is 4.90 Å². The summed E-state index contributed by atoms with van der Waals surface area (Å²) in [6.45, 7) is 4.36. The Bertz CT molecular complexity index is 651. The molecule has 0 unspecified atom stereocenters. The number of amides is 1. The molecule has 1 aromatic heterocycles. The van der Waals surface area contributed by atoms with E-state index in [-0.39, 0.29) is 11.7 Å². The number of carbonyl (C=O) groups excluding carboxylic acids is 1. The minimum atomic E-state index is -3.17. The second-order valence-corrected chi connectivity index (χ2v) is 8.30. The van der Waals surface area contributed by atoms with Crippen LogP contribution in [0.4, 0.5) is 0 Å². The molecular formula is C15H24N4O3S. The third-order valence-corrected chi connectivity index (χ3v) is 6.59. The average molecular weight is 340 g/mol. The van der Waals surface area contributed by atoms with Gasteiger partial charge in [-0.2, -0.15) is 9.40 Å². The smallest absolute Gasteiger partial charge is 0.274 e. The summed E-state index contributed by atoms with van der Waals surface area (Å²) in [5.74, 6) is 0.0915. The third kappa shape index (κ3) is 3.42. The summed E-state index contributed by atoms with van der Waals surface area (Å²) in [5.41, 5.74) is 1.62. The minimum Gasteiger partial charge on any atom is -0.335 e. The van der Waals surface area contributed by atoms with E-state index in [1.807, 2.05) is 17.7 Å². The fraction of sp³-hybridized carbons (Fsp3) is 0.733. The Labute approximate surface area is 137 Å². The zero-order valence-electron chi connectivity index (χ0n) is 13.6. The number of rotatable bonds is 4. The summed E-state index contributed by atoms with van der Waals surface area (Å²) in [5, 5.41) is 4.42. The molecule has 128 valence electrons. The number of carbonyl (C=O) groups is 1. The quantitative estimate of drug-likeness (QED) is 0.809. The molecule has 2 aliphatic heterocycles. The van der Waals surface area contributed by atoms with Crippen LogP contribution in [0.2, 0.25) is 0 Å². The summed E-state index contributed by atoms with van der Waals surface area (Å²) in [7, 11) is -3.17. The van der Waals surface area contributed by atoms with Gasteiger partial charge in [0.2, 0.25) is 10.0 Å². The number of fused-ring (bicyclic) bond motifs is 1. The van der Waals surface area contributed by atoms with E-state index in [4.69, 9.17) is 0 Å². The molecule has 0 saturated carbocycles. The number of piperazine rings is 1. The molecule has 1 aromatic rings. The molecule has 8 heteroatoms. The van der Waals surface area contributed by atoms with Crippen molar-refractivity contribution in [3.8, 4) is 0 Å². The predicted octanol–water partition coefficient (Wildman–Crippen LogP) is 0.717. The Balaban J connectivity index is 1.63. The normalized spacial score (nSPS) is 19.6. The van der Waals surface area contributed by atoms with Crippen molar-refractivity contribution in [1.29, 1.82) is 0 Å². The highest BCUT2D eigenvalue weighted by atomic mass is 32.2. The standard InChI is InChI=1S/C15H24N4O3S/c1-2-11-23(21,22)18-9-7-17(8-10-18)15(20)14-12-13-5-3-4-6-19(13)16-14/h12H,2-11H2,1H3. The summed E-state index contributed by atoms with van der Waals surface area (Å²) in [4.78, 5) is 14.3. The van der Waals surface area contributed by atoms with Gasteiger partial charge in [-0.05, 0) is 31.7 Å². The molecule has 1 saturated heterocycles. The van der Waals surface area contributed by atoms with E-state index in [0.29, 0.717) is 38.3 Å². The van der Waals surface area contributed by atoms with Gasteiger partial charge in [0, 0.05) is 38.4 Å². The monoisotopic (exact) mass is 340 g/mol. The first-order valence-corrected chi connectivity index (χ1v) is 9.96. The van der Waals surface area contributed by atoms with Gasteiger partial charge in [0.1, 0.15) is 0 Å². The fourth-order valence-corrected chi connectivity index (χ4v) is 4.73. The molecule has 3 rings (SSSR count). The summed E-state index contributed by atoms with van der Waals surface area (Å²) >= 11 is 0. The number of hydrogen-bond donors (Lipinski definition) is 0. The molecular weight excluding hydrogens is 316 g/mol. The van der Waals surface area contributed by atoms with Crippen LogP contribution >= 0.6 is 0 Å². The number of sulfonamides is 1. The van der Waals surface area contributed by atoms with E-state index in [2.05, 4.69) is 5.10 Å². The number of aromatic nitrogens is 2. The van der Waals surface area contributed by atoms with Gasteiger partial charge in [0.25, 0.3) is 5.91 Å². The second kappa shape index (κ2) is 6.60. The van der Waals surface area contributed by atoms with Crippen molar-refractivity contribution in [3.05, 3.63) is 17.5 Å². The van der Waals surface area contributed by atoms with E-state index in [0.717, 1.165) is 31.5 Å². The van der Waals surface area contributed by atoms with Crippen LogP contribution in [-0.4, -0.2) is 65.2 Å². The van der Waals surface area contributed by atoms with Crippen molar-refractivity contribution >= 4 is 15.9 Å². The predicted molar refractivity (Wildman–Crippen MR) is 86.7 cm³/mol. The molecule has 2 aliphatic rings. The van der Waals surface area contributed by atoms with Crippen LogP contribution in [0, 0.1) is 0 Å². The molecule has 0 spiro atoms. The largest absolute Gasteiger partial charge is 0.335 e. The maximum Gasteiger partial charge on any atom is 0.274 e. The SMILES string of the molecule is CCCS(=O)(=O)N1CCN(C(=O)c2cc3n(n2)CCCC3)CC1. The van der Waals surface area contributed by atoms with E-state index in [9.17, 15) is 13.2 Å². The molecule has 0 radical (unpaired) electrons. The van der Waals surface area contributed by atoms with Gasteiger partial charge in [-0.3, -0.25) is 9.48 Å². The fourth-order valence-electron chi connectivity index (χ4n) is 3.24. The van der Waals surface area contributed by atoms with Crippen LogP contribution in [0.15, 0.2) is 6.07 Å². The average Bonchev–Trinajstić information content (AvgIpc) is 2.98. The highest BCUT2D eigenvalue weighted by Gasteiger charge is 2.29. The summed E-state index contributed by atoms with van der Waals surface area (Å²) in [6.07, 6.45) is 3.84. The van der Waals surface area contributed by atoms with E-state index >= 15 is 0 Å². The molecule has 0 aromatic carbocycles. The first-order valence-electron chi connectivity index (χ1n) is 8.35. The van der Waals surface area contributed by atoms with Crippen molar-refractivity contribution in [1.82, 2.24) is 19.0 Å². The Morgan fingerprint density at radius 1 is 1.17 bits per heavy atom. The van der Waals surface area contributed by atoms with Gasteiger partial charge < -0.3 is 4.90 Å². The topological polar surface area (TPSA) is 75.5 Å². The zero-order chi connectivity index (χ0) is 16.4. The molecule has 1 amide bonds. The second-order valence-electron chi connectivity index (χ2n) is 6.21. The van der Waals surface area contributed by atoms with Gasteiger partial charge >= 0.3 is 0 Å². The summed E-state index contributed by atoms with van der Waals surface area (Å²) in [6, 6.07) is 1.89. The lowest BCUT2D eigenvalue weighted by Crippen LogP contribution is -2.51. The van der Waals surface area contributed by atoms with Crippen molar-refractivity contribution in [2.24, 2.45) is 0 Å². The van der Waals surface area contributed by atoms with Crippen LogP contribution in [0.25, 0.3) is 0 Å². The maximum atomic E-state index is 12.6. The Morgan fingerprint density at radius 2 is 1.91 bits per heavy atom. The maximum absolute atomic E-state index is 12.6. The van der Waals surface area contributed by atoms with Crippen LogP contribution in [0.5, 0.6) is 0 Å². The Kier molecular flexibility index (Phi) is 4.72. The first-order chi connectivity index (χ1) is 11.0. The van der Waals surface area contributed by atoms with Crippen LogP contribution in [0.1, 0.15) is 42.4 Å². The highest BCUT2D eigenvalue weighted by molar-refractivity contribution is 7.89. The molecule has 3 heterocycles. The molecule has 0 N–H and O–H groups in total. The van der Waals surface area contributed by atoms with Crippen molar-refractivity contribution in [3.63, 3.8) is 0 Å². The van der Waals surface area contributed by atoms with Crippen molar-refractivity contribution < 1.29 is 13.2 Å².